The molecule has 0 radical (unpaired) electrons. The number of nitrogens with two attached hydrogens (primary N) is 1. The van der Waals surface area contributed by atoms with Crippen molar-refractivity contribution in [1.82, 2.24) is 0 Å². The second kappa shape index (κ2) is 3.99. The molecule has 1 saturated heterocycles. The first-order chi connectivity index (χ1) is 5.84. The van der Waals surface area contributed by atoms with Crippen LogP contribution in [-0.4, -0.2) is 29.8 Å². The molecule has 12 heavy (non-hydrogen) atoms. The summed E-state index contributed by atoms with van der Waals surface area (Å²) in [7, 11) is 0. The summed E-state index contributed by atoms with van der Waals surface area (Å²) in [6, 6.07) is 0.486. The van der Waals surface area contributed by atoms with Crippen LogP contribution >= 0.6 is 11.8 Å². The maximum atomic E-state index is 5.84. The summed E-state index contributed by atoms with van der Waals surface area (Å²) < 4.78 is 5.15. The molecule has 0 aromatic carbocycles. The highest BCUT2D eigenvalue weighted by molar-refractivity contribution is 8.00. The zero-order valence-corrected chi connectivity index (χ0v) is 8.19. The van der Waals surface area contributed by atoms with Crippen molar-refractivity contribution in [2.75, 3.05) is 13.2 Å². The summed E-state index contributed by atoms with van der Waals surface area (Å²) in [5.41, 5.74) is 5.84. The van der Waals surface area contributed by atoms with Crippen molar-refractivity contribution in [1.29, 1.82) is 0 Å². The number of thioether (sulfide) groups is 1. The molecule has 1 saturated carbocycles. The Labute approximate surface area is 78.2 Å². The minimum Gasteiger partial charge on any atom is -0.379 e. The molecule has 0 aromatic rings. The Hall–Kier alpha value is 0.270. The maximum Gasteiger partial charge on any atom is 0.0608 e. The molecule has 0 atom stereocenters. The van der Waals surface area contributed by atoms with Crippen molar-refractivity contribution >= 4 is 11.8 Å². The highest BCUT2D eigenvalue weighted by atomic mass is 32.2. The van der Waals surface area contributed by atoms with E-state index in [9.17, 15) is 0 Å². The molecule has 0 unspecified atom stereocenters. The predicted octanol–water partition coefficient (Wildman–Crippen LogP) is 1.39. The SMILES string of the molecule is NC1CCC(SC2COC2)CC1. The number of rotatable bonds is 2. The van der Waals surface area contributed by atoms with Gasteiger partial charge in [-0.1, -0.05) is 0 Å². The van der Waals surface area contributed by atoms with Crippen LogP contribution in [0.5, 0.6) is 0 Å². The van der Waals surface area contributed by atoms with E-state index >= 15 is 0 Å². The Morgan fingerprint density at radius 2 is 1.67 bits per heavy atom. The zero-order chi connectivity index (χ0) is 8.39. The molecule has 2 aliphatic rings. The molecule has 1 aliphatic carbocycles. The van der Waals surface area contributed by atoms with E-state index in [0.29, 0.717) is 6.04 Å². The van der Waals surface area contributed by atoms with Crippen LogP contribution in [-0.2, 0) is 4.74 Å². The summed E-state index contributed by atoms with van der Waals surface area (Å²) in [5.74, 6) is 0. The highest BCUT2D eigenvalue weighted by Gasteiger charge is 2.26. The van der Waals surface area contributed by atoms with Gasteiger partial charge in [-0.15, -0.1) is 0 Å². The van der Waals surface area contributed by atoms with Gasteiger partial charge in [0.1, 0.15) is 0 Å². The molecule has 0 bridgehead atoms. The molecule has 0 amide bonds. The molecule has 0 spiro atoms. The maximum absolute atomic E-state index is 5.84. The Bertz CT molecular complexity index is 141. The van der Waals surface area contributed by atoms with E-state index < -0.39 is 0 Å². The van der Waals surface area contributed by atoms with E-state index in [1.165, 1.54) is 25.7 Å². The van der Waals surface area contributed by atoms with Crippen LogP contribution in [0.25, 0.3) is 0 Å². The lowest BCUT2D eigenvalue weighted by atomic mass is 9.96. The van der Waals surface area contributed by atoms with E-state index in [4.69, 9.17) is 10.5 Å². The van der Waals surface area contributed by atoms with Crippen molar-refractivity contribution in [2.45, 2.75) is 42.2 Å². The zero-order valence-electron chi connectivity index (χ0n) is 7.37. The third-order valence-corrected chi connectivity index (χ3v) is 4.22. The molecule has 2 N–H and O–H groups in total. The predicted molar refractivity (Wildman–Crippen MR) is 52.4 cm³/mol. The van der Waals surface area contributed by atoms with E-state index in [-0.39, 0.29) is 0 Å². The first-order valence-corrected chi connectivity index (χ1v) is 5.77. The fraction of sp³-hybridized carbons (Fsp3) is 1.00. The lowest BCUT2D eigenvalue weighted by Gasteiger charge is -2.32. The largest absolute Gasteiger partial charge is 0.379 e. The Kier molecular flexibility index (Phi) is 2.94. The smallest absolute Gasteiger partial charge is 0.0608 e. The molecule has 2 rings (SSSR count). The van der Waals surface area contributed by atoms with Gasteiger partial charge in [0.2, 0.25) is 0 Å². The minimum atomic E-state index is 0.486. The molecule has 3 heteroatoms. The summed E-state index contributed by atoms with van der Waals surface area (Å²) in [6.45, 7) is 1.96. The van der Waals surface area contributed by atoms with Crippen molar-refractivity contribution in [2.24, 2.45) is 5.73 Å². The molecule has 1 aliphatic heterocycles. The molecular weight excluding hydrogens is 170 g/mol. The Morgan fingerprint density at radius 1 is 1.00 bits per heavy atom. The van der Waals surface area contributed by atoms with Gasteiger partial charge in [-0.3, -0.25) is 0 Å². The highest BCUT2D eigenvalue weighted by Crippen LogP contribution is 2.33. The Balaban J connectivity index is 1.67. The van der Waals surface area contributed by atoms with E-state index in [1.54, 1.807) is 0 Å². The topological polar surface area (TPSA) is 35.2 Å². The Morgan fingerprint density at radius 3 is 2.17 bits per heavy atom. The number of hydrogen-bond acceptors (Lipinski definition) is 3. The monoisotopic (exact) mass is 187 g/mol. The summed E-state index contributed by atoms with van der Waals surface area (Å²) in [6.07, 6.45) is 5.10. The van der Waals surface area contributed by atoms with Gasteiger partial charge in [-0.2, -0.15) is 11.8 Å². The van der Waals surface area contributed by atoms with Crippen LogP contribution in [0.15, 0.2) is 0 Å². The van der Waals surface area contributed by atoms with Crippen molar-refractivity contribution in [3.05, 3.63) is 0 Å². The number of ether oxygens (including phenoxy) is 1. The van der Waals surface area contributed by atoms with Crippen LogP contribution in [0.3, 0.4) is 0 Å². The first-order valence-electron chi connectivity index (χ1n) is 4.83. The van der Waals surface area contributed by atoms with Crippen molar-refractivity contribution in [3.63, 3.8) is 0 Å². The average molecular weight is 187 g/mol. The summed E-state index contributed by atoms with van der Waals surface area (Å²) >= 11 is 2.13. The third kappa shape index (κ3) is 2.15. The van der Waals surface area contributed by atoms with Crippen LogP contribution in [0.4, 0.5) is 0 Å². The van der Waals surface area contributed by atoms with Gasteiger partial charge in [-0.05, 0) is 25.7 Å². The van der Waals surface area contributed by atoms with E-state index in [0.717, 1.165) is 23.7 Å². The van der Waals surface area contributed by atoms with Gasteiger partial charge in [0, 0.05) is 11.3 Å². The molecule has 2 fully saturated rings. The van der Waals surface area contributed by atoms with Gasteiger partial charge in [0.15, 0.2) is 0 Å². The van der Waals surface area contributed by atoms with E-state index in [2.05, 4.69) is 11.8 Å². The van der Waals surface area contributed by atoms with Crippen LogP contribution in [0, 0.1) is 0 Å². The van der Waals surface area contributed by atoms with Gasteiger partial charge >= 0.3 is 0 Å². The van der Waals surface area contributed by atoms with Crippen LogP contribution in [0.2, 0.25) is 0 Å². The third-order valence-electron chi connectivity index (χ3n) is 2.71. The fourth-order valence-electron chi connectivity index (χ4n) is 1.79. The minimum absolute atomic E-state index is 0.486. The molecule has 1 heterocycles. The van der Waals surface area contributed by atoms with Crippen molar-refractivity contribution < 1.29 is 4.74 Å². The second-order valence-electron chi connectivity index (χ2n) is 3.83. The summed E-state index contributed by atoms with van der Waals surface area (Å²) in [5, 5.41) is 1.67. The molecular formula is C9H17NOS. The van der Waals surface area contributed by atoms with Gasteiger partial charge in [0.25, 0.3) is 0 Å². The molecule has 0 aromatic heterocycles. The van der Waals surface area contributed by atoms with Crippen LogP contribution in [0.1, 0.15) is 25.7 Å². The van der Waals surface area contributed by atoms with Crippen molar-refractivity contribution in [3.8, 4) is 0 Å². The fourth-order valence-corrected chi connectivity index (χ4v) is 3.23. The quantitative estimate of drug-likeness (QED) is 0.709. The van der Waals surface area contributed by atoms with E-state index in [1.807, 2.05) is 0 Å². The standard InChI is InChI=1S/C9H17NOS/c10-7-1-3-8(4-2-7)12-9-5-11-6-9/h7-9H,1-6,10H2. The lowest BCUT2D eigenvalue weighted by molar-refractivity contribution is 0.0452. The van der Waals surface area contributed by atoms with Gasteiger partial charge in [0.05, 0.1) is 18.5 Å². The average Bonchev–Trinajstić information content (AvgIpc) is 2.00. The number of hydrogen-bond donors (Lipinski definition) is 1. The first kappa shape index (κ1) is 8.85. The molecule has 70 valence electrons. The lowest BCUT2D eigenvalue weighted by Crippen LogP contribution is -2.34. The van der Waals surface area contributed by atoms with Crippen LogP contribution < -0.4 is 5.73 Å². The molecule has 2 nitrogen and oxygen atoms in total. The van der Waals surface area contributed by atoms with Gasteiger partial charge in [-0.25, -0.2) is 0 Å². The summed E-state index contributed by atoms with van der Waals surface area (Å²) in [4.78, 5) is 0. The second-order valence-corrected chi connectivity index (χ2v) is 5.44. The normalized spacial score (nSPS) is 37.8. The van der Waals surface area contributed by atoms with Gasteiger partial charge < -0.3 is 10.5 Å².